The van der Waals surface area contributed by atoms with E-state index in [1.54, 1.807) is 0 Å². The van der Waals surface area contributed by atoms with Crippen molar-refractivity contribution < 1.29 is 35.9 Å². The Morgan fingerprint density at radius 2 is 1.21 bits per heavy atom. The lowest BCUT2D eigenvalue weighted by molar-refractivity contribution is -0.138. The second kappa shape index (κ2) is 5.08. The second-order valence-electron chi connectivity index (χ2n) is 4.08. The van der Waals surface area contributed by atoms with E-state index in [1.807, 2.05) is 0 Å². The molecule has 1 rings (SSSR count). The Labute approximate surface area is 110 Å². The number of rotatable bonds is 6. The molecular formula is C9H14O8S2. The van der Waals surface area contributed by atoms with Gasteiger partial charge in [-0.3, -0.25) is 9.59 Å². The fraction of sp³-hybridized carbons (Fsp3) is 0.778. The molecule has 1 aliphatic carbocycles. The van der Waals surface area contributed by atoms with E-state index in [0.29, 0.717) is 0 Å². The summed E-state index contributed by atoms with van der Waals surface area (Å²) in [6, 6.07) is 0. The van der Waals surface area contributed by atoms with Gasteiger partial charge in [-0.25, -0.2) is 16.8 Å². The minimum Gasteiger partial charge on any atom is -0.468 e. The minimum absolute atomic E-state index is 0.133. The number of methoxy groups -OCH3 is 2. The standard InChI is InChI=1S/C9H14O8S2/c1-16-7(10)5-18(12,13)9(3-4-9)19(14,15)6-8(11)17-2/h3-6H2,1-2H3. The van der Waals surface area contributed by atoms with Crippen LogP contribution in [0.15, 0.2) is 0 Å². The van der Waals surface area contributed by atoms with Gasteiger partial charge in [0.2, 0.25) is 0 Å². The Bertz CT molecular complexity index is 532. The molecule has 0 aromatic heterocycles. The van der Waals surface area contributed by atoms with Gasteiger partial charge in [-0.1, -0.05) is 0 Å². The first kappa shape index (κ1) is 15.9. The summed E-state index contributed by atoms with van der Waals surface area (Å²) in [5.74, 6) is -4.13. The third kappa shape index (κ3) is 2.89. The van der Waals surface area contributed by atoms with Crippen LogP contribution in [0.2, 0.25) is 0 Å². The summed E-state index contributed by atoms with van der Waals surface area (Å²) in [6.07, 6.45) is -0.267. The van der Waals surface area contributed by atoms with Crippen molar-refractivity contribution in [3.8, 4) is 0 Å². The van der Waals surface area contributed by atoms with Gasteiger partial charge in [0.15, 0.2) is 23.8 Å². The van der Waals surface area contributed by atoms with E-state index in [0.717, 1.165) is 14.2 Å². The summed E-state index contributed by atoms with van der Waals surface area (Å²) < 4.78 is 54.3. The van der Waals surface area contributed by atoms with Gasteiger partial charge in [0, 0.05) is 0 Å². The van der Waals surface area contributed by atoms with Crippen molar-refractivity contribution in [3.05, 3.63) is 0 Å². The zero-order chi connectivity index (χ0) is 14.9. The molecular weight excluding hydrogens is 300 g/mol. The lowest BCUT2D eigenvalue weighted by Gasteiger charge is -2.15. The van der Waals surface area contributed by atoms with Gasteiger partial charge in [0.1, 0.15) is 11.5 Å². The van der Waals surface area contributed by atoms with Crippen molar-refractivity contribution >= 4 is 31.6 Å². The number of hydrogen-bond acceptors (Lipinski definition) is 8. The Morgan fingerprint density at radius 3 is 1.42 bits per heavy atom. The molecule has 0 aliphatic heterocycles. The van der Waals surface area contributed by atoms with Crippen LogP contribution < -0.4 is 0 Å². The predicted octanol–water partition coefficient (Wildman–Crippen LogP) is -1.35. The van der Waals surface area contributed by atoms with Crippen molar-refractivity contribution in [1.82, 2.24) is 0 Å². The van der Waals surface area contributed by atoms with E-state index in [2.05, 4.69) is 9.47 Å². The molecule has 1 saturated carbocycles. The summed E-state index contributed by atoms with van der Waals surface area (Å²) in [6.45, 7) is 0. The molecule has 0 spiro atoms. The van der Waals surface area contributed by atoms with Crippen molar-refractivity contribution in [2.24, 2.45) is 0 Å². The number of esters is 2. The molecule has 1 aliphatic rings. The fourth-order valence-corrected chi connectivity index (χ4v) is 6.34. The summed E-state index contributed by atoms with van der Waals surface area (Å²) >= 11 is 0. The lowest BCUT2D eigenvalue weighted by Crippen LogP contribution is -2.40. The molecule has 0 unspecified atom stereocenters. The van der Waals surface area contributed by atoms with Gasteiger partial charge in [-0.15, -0.1) is 0 Å². The smallest absolute Gasteiger partial charge is 0.320 e. The Balaban J connectivity index is 3.05. The van der Waals surface area contributed by atoms with Crippen LogP contribution in [0.25, 0.3) is 0 Å². The van der Waals surface area contributed by atoms with Gasteiger partial charge in [-0.05, 0) is 12.8 Å². The van der Waals surface area contributed by atoms with E-state index in [4.69, 9.17) is 0 Å². The first-order valence-electron chi connectivity index (χ1n) is 5.20. The van der Waals surface area contributed by atoms with Crippen LogP contribution in [-0.2, 0) is 38.7 Å². The van der Waals surface area contributed by atoms with E-state index in [1.165, 1.54) is 0 Å². The van der Waals surface area contributed by atoms with Crippen LogP contribution in [0.1, 0.15) is 12.8 Å². The SMILES string of the molecule is COC(=O)CS(=O)(=O)C1(S(=O)(=O)CC(=O)OC)CC1. The van der Waals surface area contributed by atoms with Crippen LogP contribution in [0.5, 0.6) is 0 Å². The molecule has 0 amide bonds. The van der Waals surface area contributed by atoms with Gasteiger partial charge >= 0.3 is 11.9 Å². The van der Waals surface area contributed by atoms with Crippen LogP contribution >= 0.6 is 0 Å². The van der Waals surface area contributed by atoms with E-state index in [9.17, 15) is 26.4 Å². The molecule has 0 aromatic carbocycles. The zero-order valence-electron chi connectivity index (χ0n) is 10.4. The molecule has 10 heteroatoms. The van der Waals surface area contributed by atoms with Crippen LogP contribution in [0, 0.1) is 0 Å². The second-order valence-corrected chi connectivity index (χ2v) is 8.94. The largest absolute Gasteiger partial charge is 0.468 e. The van der Waals surface area contributed by atoms with Crippen molar-refractivity contribution in [2.75, 3.05) is 25.7 Å². The van der Waals surface area contributed by atoms with Crippen LogP contribution in [0.3, 0.4) is 0 Å². The van der Waals surface area contributed by atoms with Crippen molar-refractivity contribution in [1.29, 1.82) is 0 Å². The van der Waals surface area contributed by atoms with Crippen LogP contribution in [0.4, 0.5) is 0 Å². The number of carbonyl (C=O) groups excluding carboxylic acids is 2. The number of ether oxygens (including phenoxy) is 2. The van der Waals surface area contributed by atoms with E-state index in [-0.39, 0.29) is 12.8 Å². The summed E-state index contributed by atoms with van der Waals surface area (Å²) in [5, 5.41) is 0. The number of carbonyl (C=O) groups is 2. The summed E-state index contributed by atoms with van der Waals surface area (Å²) in [4.78, 5) is 22.0. The van der Waals surface area contributed by atoms with Crippen LogP contribution in [-0.4, -0.2) is 58.6 Å². The maximum atomic E-state index is 12.0. The molecule has 0 saturated heterocycles. The number of sulfone groups is 2. The quantitative estimate of drug-likeness (QED) is 0.552. The number of hydrogen-bond donors (Lipinski definition) is 0. The van der Waals surface area contributed by atoms with Gasteiger partial charge < -0.3 is 9.47 Å². The highest BCUT2D eigenvalue weighted by Gasteiger charge is 2.65. The molecule has 0 bridgehead atoms. The zero-order valence-corrected chi connectivity index (χ0v) is 12.0. The maximum absolute atomic E-state index is 12.0. The molecule has 0 atom stereocenters. The molecule has 19 heavy (non-hydrogen) atoms. The Morgan fingerprint density at radius 1 is 0.895 bits per heavy atom. The molecule has 8 nitrogen and oxygen atoms in total. The highest BCUT2D eigenvalue weighted by atomic mass is 32.3. The monoisotopic (exact) mass is 314 g/mol. The average molecular weight is 314 g/mol. The molecule has 110 valence electrons. The fourth-order valence-electron chi connectivity index (χ4n) is 1.61. The van der Waals surface area contributed by atoms with E-state index < -0.39 is 47.2 Å². The highest BCUT2D eigenvalue weighted by Crippen LogP contribution is 2.49. The summed E-state index contributed by atoms with van der Waals surface area (Å²) in [7, 11) is -6.48. The molecule has 0 heterocycles. The highest BCUT2D eigenvalue weighted by molar-refractivity contribution is 8.11. The first-order chi connectivity index (χ1) is 8.62. The third-order valence-corrected chi connectivity index (χ3v) is 8.70. The topological polar surface area (TPSA) is 121 Å². The molecule has 0 radical (unpaired) electrons. The lowest BCUT2D eigenvalue weighted by atomic mass is 10.8. The van der Waals surface area contributed by atoms with Crippen molar-refractivity contribution in [2.45, 2.75) is 16.9 Å². The Kier molecular flexibility index (Phi) is 4.25. The normalized spacial score (nSPS) is 17.6. The molecule has 0 aromatic rings. The summed E-state index contributed by atoms with van der Waals surface area (Å²) in [5.41, 5.74) is 0. The molecule has 0 N–H and O–H groups in total. The molecule has 1 fully saturated rings. The van der Waals surface area contributed by atoms with E-state index >= 15 is 0 Å². The maximum Gasteiger partial charge on any atom is 0.320 e. The average Bonchev–Trinajstić information content (AvgIpc) is 3.09. The van der Waals surface area contributed by atoms with Gasteiger partial charge in [0.05, 0.1) is 14.2 Å². The van der Waals surface area contributed by atoms with Gasteiger partial charge in [0.25, 0.3) is 0 Å². The van der Waals surface area contributed by atoms with Crippen molar-refractivity contribution in [3.63, 3.8) is 0 Å². The third-order valence-electron chi connectivity index (χ3n) is 2.86. The first-order valence-corrected chi connectivity index (χ1v) is 8.50. The Hall–Kier alpha value is -1.16. The predicted molar refractivity (Wildman–Crippen MR) is 63.6 cm³/mol. The minimum atomic E-state index is -4.24. The van der Waals surface area contributed by atoms with Gasteiger partial charge in [-0.2, -0.15) is 0 Å².